The Labute approximate surface area is 224 Å². The summed E-state index contributed by atoms with van der Waals surface area (Å²) in [4.78, 5) is -0.636. The zero-order chi connectivity index (χ0) is 27.5. The van der Waals surface area contributed by atoms with E-state index < -0.39 is 20.2 Å². The van der Waals surface area contributed by atoms with Crippen LogP contribution in [0.1, 0.15) is 5.56 Å². The molecule has 0 saturated carbocycles. The van der Waals surface area contributed by atoms with Crippen molar-refractivity contribution in [1.29, 1.82) is 0 Å². The van der Waals surface area contributed by atoms with E-state index in [1.165, 1.54) is 77.8 Å². The molecule has 10 nitrogen and oxygen atoms in total. The van der Waals surface area contributed by atoms with E-state index >= 15 is 0 Å². The van der Waals surface area contributed by atoms with E-state index in [9.17, 15) is 16.8 Å². The number of aryl methyl sites for hydroxylation is 1. The van der Waals surface area contributed by atoms with E-state index in [4.69, 9.17) is 50.5 Å². The van der Waals surface area contributed by atoms with Gasteiger partial charge in [-0.05, 0) is 30.7 Å². The van der Waals surface area contributed by atoms with Gasteiger partial charge in [0.2, 0.25) is 0 Å². The number of methoxy groups -OCH3 is 4. The molecule has 0 saturated heterocycles. The lowest BCUT2D eigenvalue weighted by Crippen LogP contribution is -2.13. The maximum absolute atomic E-state index is 13.0. The quantitative estimate of drug-likeness (QED) is 0.301. The van der Waals surface area contributed by atoms with Crippen LogP contribution in [0, 0.1) is 6.92 Å². The van der Waals surface area contributed by atoms with Crippen LogP contribution in [0.2, 0.25) is 10.0 Å². The van der Waals surface area contributed by atoms with Gasteiger partial charge >= 0.3 is 20.2 Å². The third-order valence-electron chi connectivity index (χ3n) is 4.97. The molecule has 0 bridgehead atoms. The standard InChI is InChI=1S/C23H22Cl2O10S2/c1-13-8-14(34-36(26,27)22-11-18(30-2)15(24)9-20(22)32-4)6-7-17(13)35-37(28,29)23-12-19(31-3)16(25)10-21(23)33-5/h6-12H,1-5H3. The fraction of sp³-hybridized carbons (Fsp3) is 0.217. The lowest BCUT2D eigenvalue weighted by molar-refractivity contribution is 0.388. The van der Waals surface area contributed by atoms with Crippen molar-refractivity contribution in [3.63, 3.8) is 0 Å². The topological polar surface area (TPSA) is 124 Å². The second-order valence-corrected chi connectivity index (χ2v) is 11.1. The molecule has 0 spiro atoms. The van der Waals surface area contributed by atoms with Crippen molar-refractivity contribution in [3.05, 3.63) is 58.1 Å². The molecule has 0 aliphatic rings. The molecule has 37 heavy (non-hydrogen) atoms. The molecule has 0 fully saturated rings. The molecule has 0 amide bonds. The normalized spacial score (nSPS) is 11.5. The average Bonchev–Trinajstić information content (AvgIpc) is 2.84. The maximum atomic E-state index is 13.0. The largest absolute Gasteiger partial charge is 0.495 e. The van der Waals surface area contributed by atoms with Crippen LogP contribution in [0.15, 0.2) is 52.3 Å². The van der Waals surface area contributed by atoms with E-state index in [1.54, 1.807) is 0 Å². The van der Waals surface area contributed by atoms with Crippen LogP contribution >= 0.6 is 23.2 Å². The van der Waals surface area contributed by atoms with Crippen molar-refractivity contribution >= 4 is 43.4 Å². The van der Waals surface area contributed by atoms with Crippen molar-refractivity contribution in [2.75, 3.05) is 28.4 Å². The summed E-state index contributed by atoms with van der Waals surface area (Å²) >= 11 is 12.1. The Bertz CT molecular complexity index is 1540. The molecule has 0 atom stereocenters. The molecule has 3 rings (SSSR count). The van der Waals surface area contributed by atoms with Crippen molar-refractivity contribution in [1.82, 2.24) is 0 Å². The van der Waals surface area contributed by atoms with Crippen LogP contribution < -0.4 is 27.3 Å². The first-order valence-corrected chi connectivity index (χ1v) is 13.8. The smallest absolute Gasteiger partial charge is 0.343 e. The van der Waals surface area contributed by atoms with E-state index in [0.717, 1.165) is 0 Å². The zero-order valence-corrected chi connectivity index (χ0v) is 23.3. The molecule has 0 aromatic heterocycles. The molecule has 0 aliphatic carbocycles. The van der Waals surface area contributed by atoms with Gasteiger partial charge in [-0.3, -0.25) is 0 Å². The summed E-state index contributed by atoms with van der Waals surface area (Å²) in [6.45, 7) is 1.51. The van der Waals surface area contributed by atoms with Gasteiger partial charge in [0, 0.05) is 24.3 Å². The Kier molecular flexibility index (Phi) is 8.58. The number of halogens is 2. The number of hydrogen-bond donors (Lipinski definition) is 0. The fourth-order valence-corrected chi connectivity index (χ4v) is 5.86. The van der Waals surface area contributed by atoms with Crippen molar-refractivity contribution in [3.8, 4) is 34.5 Å². The van der Waals surface area contributed by atoms with Gasteiger partial charge in [0.15, 0.2) is 9.79 Å². The Morgan fingerprint density at radius 2 is 1.00 bits per heavy atom. The Hall–Kier alpha value is -3.06. The van der Waals surface area contributed by atoms with Crippen LogP contribution in [-0.4, -0.2) is 45.3 Å². The molecule has 0 aliphatic heterocycles. The van der Waals surface area contributed by atoms with E-state index in [-0.39, 0.29) is 59.9 Å². The van der Waals surface area contributed by atoms with Gasteiger partial charge in [0.1, 0.15) is 34.5 Å². The summed E-state index contributed by atoms with van der Waals surface area (Å²) in [5, 5.41) is 0.291. The first-order chi connectivity index (χ1) is 17.4. The highest BCUT2D eigenvalue weighted by molar-refractivity contribution is 7.87. The second-order valence-electron chi connectivity index (χ2n) is 7.28. The highest BCUT2D eigenvalue weighted by Crippen LogP contribution is 2.38. The van der Waals surface area contributed by atoms with Crippen LogP contribution in [0.3, 0.4) is 0 Å². The first kappa shape index (κ1) is 28.5. The fourth-order valence-electron chi connectivity index (χ4n) is 3.16. The van der Waals surface area contributed by atoms with Crippen molar-refractivity contribution in [2.24, 2.45) is 0 Å². The van der Waals surface area contributed by atoms with Gasteiger partial charge in [-0.2, -0.15) is 16.8 Å². The summed E-state index contributed by atoms with van der Waals surface area (Å²) in [6.07, 6.45) is 0. The summed E-state index contributed by atoms with van der Waals surface area (Å²) in [5.41, 5.74) is 0.261. The molecular weight excluding hydrogens is 571 g/mol. The third-order valence-corrected chi connectivity index (χ3v) is 8.08. The van der Waals surface area contributed by atoms with Crippen molar-refractivity contribution < 1.29 is 44.1 Å². The highest BCUT2D eigenvalue weighted by atomic mass is 35.5. The summed E-state index contributed by atoms with van der Waals surface area (Å²) in [7, 11) is -3.59. The van der Waals surface area contributed by atoms with Crippen molar-refractivity contribution in [2.45, 2.75) is 16.7 Å². The molecule has 200 valence electrons. The maximum Gasteiger partial charge on any atom is 0.343 e. The van der Waals surface area contributed by atoms with Gasteiger partial charge in [-0.1, -0.05) is 23.2 Å². The van der Waals surface area contributed by atoms with Gasteiger partial charge < -0.3 is 27.3 Å². The molecule has 14 heteroatoms. The van der Waals surface area contributed by atoms with Gasteiger partial charge in [-0.15, -0.1) is 0 Å². The predicted octanol–water partition coefficient (Wildman–Crippen LogP) is 4.87. The summed E-state index contributed by atoms with van der Waals surface area (Å²) < 4.78 is 82.9. The van der Waals surface area contributed by atoms with Crippen LogP contribution in [0.4, 0.5) is 0 Å². The van der Waals surface area contributed by atoms with Crippen LogP contribution in [-0.2, 0) is 20.2 Å². The Morgan fingerprint density at radius 3 is 1.41 bits per heavy atom. The van der Waals surface area contributed by atoms with Crippen LogP contribution in [0.5, 0.6) is 34.5 Å². The Balaban J connectivity index is 1.93. The van der Waals surface area contributed by atoms with E-state index in [2.05, 4.69) is 0 Å². The molecular formula is C23H22Cl2O10S2. The predicted molar refractivity (Wildman–Crippen MR) is 136 cm³/mol. The molecule has 0 N–H and O–H groups in total. The number of ether oxygens (including phenoxy) is 4. The monoisotopic (exact) mass is 592 g/mol. The third kappa shape index (κ3) is 6.09. The minimum Gasteiger partial charge on any atom is -0.495 e. The molecule has 0 radical (unpaired) electrons. The number of hydrogen-bond acceptors (Lipinski definition) is 10. The molecule has 0 unspecified atom stereocenters. The van der Waals surface area contributed by atoms with E-state index in [1.807, 2.05) is 0 Å². The van der Waals surface area contributed by atoms with Gasteiger partial charge in [-0.25, -0.2) is 0 Å². The lowest BCUT2D eigenvalue weighted by atomic mass is 10.2. The second kappa shape index (κ2) is 11.1. The molecule has 3 aromatic rings. The van der Waals surface area contributed by atoms with E-state index in [0.29, 0.717) is 0 Å². The molecule has 3 aromatic carbocycles. The highest BCUT2D eigenvalue weighted by Gasteiger charge is 2.27. The average molecular weight is 593 g/mol. The van der Waals surface area contributed by atoms with Gasteiger partial charge in [0.05, 0.1) is 38.5 Å². The SMILES string of the molecule is COc1cc(S(=O)(=O)Oc2ccc(OS(=O)(=O)c3cc(OC)c(Cl)cc3OC)c(C)c2)c(OC)cc1Cl. The minimum absolute atomic E-state index is 0.0539. The minimum atomic E-state index is -4.41. The van der Waals surface area contributed by atoms with Gasteiger partial charge in [0.25, 0.3) is 0 Å². The lowest BCUT2D eigenvalue weighted by Gasteiger charge is -2.15. The Morgan fingerprint density at radius 1 is 0.568 bits per heavy atom. The summed E-state index contributed by atoms with van der Waals surface area (Å²) in [5.74, 6) is -0.0909. The first-order valence-electron chi connectivity index (χ1n) is 10.2. The zero-order valence-electron chi connectivity index (χ0n) is 20.2. The number of benzene rings is 3. The number of rotatable bonds is 10. The van der Waals surface area contributed by atoms with Crippen LogP contribution in [0.25, 0.3) is 0 Å². The molecule has 0 heterocycles. The summed E-state index contributed by atoms with van der Waals surface area (Å²) in [6, 6.07) is 8.67.